The van der Waals surface area contributed by atoms with Gasteiger partial charge in [-0.3, -0.25) is 4.79 Å². The molecule has 1 unspecified atom stereocenters. The van der Waals surface area contributed by atoms with Crippen LogP contribution in [0.2, 0.25) is 0 Å². The van der Waals surface area contributed by atoms with Gasteiger partial charge < -0.3 is 29.4 Å². The third kappa shape index (κ3) is 20.0. The number of rotatable bonds is 18. The summed E-state index contributed by atoms with van der Waals surface area (Å²) < 4.78 is 25.5. The van der Waals surface area contributed by atoms with Crippen LogP contribution in [0, 0.1) is 0 Å². The van der Waals surface area contributed by atoms with Gasteiger partial charge in [0.15, 0.2) is 23.0 Å². The van der Waals surface area contributed by atoms with Gasteiger partial charge in [-0.25, -0.2) is 4.89 Å². The molecule has 0 aliphatic rings. The molecule has 0 aliphatic heterocycles. The highest BCUT2D eigenvalue weighted by Crippen LogP contribution is 1.92. The normalized spacial score (nSPS) is 12.3. The Hall–Kier alpha value is -0.0800. The molecule has 0 heterocycles. The highest BCUT2D eigenvalue weighted by Gasteiger charge is 2.04. The van der Waals surface area contributed by atoms with Gasteiger partial charge in [0.25, 0.3) is 0 Å². The molecule has 0 bridgehead atoms. The summed E-state index contributed by atoms with van der Waals surface area (Å²) in [6.07, 6.45) is 0.0653. The Morgan fingerprint density at radius 1 is 0.958 bits per heavy atom. The standard InChI is InChI=1S/C14H28INO8/c1-13(17)16-3-2-4-19-5-6-20-7-8-21-9-10-22-11-14(18)12-23-24-15/h14,18H,2-12H2,1H3,(H,16,17). The van der Waals surface area contributed by atoms with E-state index in [2.05, 4.69) is 13.4 Å². The molecular formula is C14H28INO8. The molecule has 0 saturated heterocycles. The maximum Gasteiger partial charge on any atom is 0.216 e. The zero-order valence-electron chi connectivity index (χ0n) is 14.0. The molecule has 0 fully saturated rings. The third-order valence-electron chi connectivity index (χ3n) is 2.57. The molecule has 0 spiro atoms. The van der Waals surface area contributed by atoms with E-state index in [1.54, 1.807) is 23.0 Å². The number of nitrogens with one attached hydrogen (secondary N) is 1. The van der Waals surface area contributed by atoms with Gasteiger partial charge in [-0.2, -0.15) is 3.22 Å². The van der Waals surface area contributed by atoms with Crippen molar-refractivity contribution in [3.63, 3.8) is 0 Å². The molecule has 9 nitrogen and oxygen atoms in total. The van der Waals surface area contributed by atoms with Crippen LogP contribution in [0.5, 0.6) is 0 Å². The van der Waals surface area contributed by atoms with Gasteiger partial charge in [0.1, 0.15) is 12.7 Å². The summed E-state index contributed by atoms with van der Waals surface area (Å²) in [6.45, 7) is 5.74. The highest BCUT2D eigenvalue weighted by atomic mass is 127. The first-order valence-electron chi connectivity index (χ1n) is 7.80. The van der Waals surface area contributed by atoms with Crippen molar-refractivity contribution in [3.8, 4) is 0 Å². The molecule has 0 aromatic rings. The lowest BCUT2D eigenvalue weighted by atomic mass is 10.4. The second-order valence-electron chi connectivity index (χ2n) is 4.75. The van der Waals surface area contributed by atoms with Crippen molar-refractivity contribution >= 4 is 28.9 Å². The number of amides is 1. The Morgan fingerprint density at radius 3 is 2.04 bits per heavy atom. The van der Waals surface area contributed by atoms with Crippen LogP contribution in [0.1, 0.15) is 13.3 Å². The van der Waals surface area contributed by atoms with Gasteiger partial charge in [0.2, 0.25) is 5.91 Å². The number of hydrogen-bond acceptors (Lipinski definition) is 8. The number of halogens is 1. The zero-order chi connectivity index (χ0) is 17.9. The number of hydrogen-bond donors (Lipinski definition) is 2. The van der Waals surface area contributed by atoms with Crippen LogP contribution in [0.4, 0.5) is 0 Å². The van der Waals surface area contributed by atoms with Crippen LogP contribution >= 0.6 is 23.0 Å². The van der Waals surface area contributed by atoms with E-state index in [4.69, 9.17) is 18.9 Å². The molecular weight excluding hydrogens is 437 g/mol. The van der Waals surface area contributed by atoms with Crippen molar-refractivity contribution in [3.05, 3.63) is 0 Å². The summed E-state index contributed by atoms with van der Waals surface area (Å²) in [5, 5.41) is 12.1. The van der Waals surface area contributed by atoms with Crippen molar-refractivity contribution in [1.29, 1.82) is 0 Å². The first-order valence-corrected chi connectivity index (χ1v) is 8.68. The average molecular weight is 465 g/mol. The molecule has 0 saturated carbocycles. The first-order chi connectivity index (χ1) is 11.7. The van der Waals surface area contributed by atoms with Crippen molar-refractivity contribution in [2.24, 2.45) is 0 Å². The van der Waals surface area contributed by atoms with Gasteiger partial charge in [-0.1, -0.05) is 0 Å². The molecule has 2 N–H and O–H groups in total. The second kappa shape index (κ2) is 19.2. The van der Waals surface area contributed by atoms with Gasteiger partial charge in [-0.15, -0.1) is 0 Å². The van der Waals surface area contributed by atoms with E-state index < -0.39 is 6.10 Å². The van der Waals surface area contributed by atoms with E-state index in [0.29, 0.717) is 52.8 Å². The predicted octanol–water partition coefficient (Wildman–Crippen LogP) is 0.238. The smallest absolute Gasteiger partial charge is 0.216 e. The molecule has 1 amide bonds. The summed E-state index contributed by atoms with van der Waals surface area (Å²) in [5.74, 6) is -0.0280. The number of carbonyl (C=O) groups excluding carboxylic acids is 1. The molecule has 10 heteroatoms. The number of carbonyl (C=O) groups is 1. The van der Waals surface area contributed by atoms with Crippen molar-refractivity contribution in [2.75, 3.05) is 66.0 Å². The van der Waals surface area contributed by atoms with Crippen LogP contribution in [-0.2, 0) is 31.8 Å². The minimum Gasteiger partial charge on any atom is -0.388 e. The van der Waals surface area contributed by atoms with Crippen LogP contribution in [0.15, 0.2) is 0 Å². The van der Waals surface area contributed by atoms with Crippen LogP contribution in [0.3, 0.4) is 0 Å². The lowest BCUT2D eigenvalue weighted by Gasteiger charge is -2.10. The molecule has 0 aromatic carbocycles. The van der Waals surface area contributed by atoms with Crippen LogP contribution in [-0.4, -0.2) is 83.1 Å². The summed E-state index contributed by atoms with van der Waals surface area (Å²) in [5.41, 5.74) is 0. The monoisotopic (exact) mass is 465 g/mol. The number of aliphatic hydroxyl groups excluding tert-OH is 1. The second-order valence-corrected chi connectivity index (χ2v) is 5.11. The van der Waals surface area contributed by atoms with Crippen LogP contribution < -0.4 is 5.32 Å². The van der Waals surface area contributed by atoms with Gasteiger partial charge in [-0.05, 0) is 6.42 Å². The Kier molecular flexibility index (Phi) is 19.2. The Labute approximate surface area is 156 Å². The minimum absolute atomic E-state index is 0.0280. The molecule has 0 aromatic heterocycles. The number of ether oxygens (including phenoxy) is 4. The van der Waals surface area contributed by atoms with Crippen molar-refractivity contribution in [2.45, 2.75) is 19.4 Å². The summed E-state index contributed by atoms with van der Waals surface area (Å²) in [4.78, 5) is 15.2. The van der Waals surface area contributed by atoms with Crippen molar-refractivity contribution < 1.29 is 37.0 Å². The summed E-state index contributed by atoms with van der Waals surface area (Å²) in [7, 11) is 0. The molecule has 0 aliphatic carbocycles. The van der Waals surface area contributed by atoms with E-state index in [0.717, 1.165) is 6.42 Å². The van der Waals surface area contributed by atoms with Crippen LogP contribution in [0.25, 0.3) is 0 Å². The quantitative estimate of drug-likeness (QED) is 0.128. The number of aliphatic hydroxyl groups is 1. The zero-order valence-corrected chi connectivity index (χ0v) is 16.2. The van der Waals surface area contributed by atoms with Crippen molar-refractivity contribution in [1.82, 2.24) is 5.32 Å². The fraction of sp³-hybridized carbons (Fsp3) is 0.929. The molecule has 0 rings (SSSR count). The third-order valence-corrected chi connectivity index (χ3v) is 2.82. The SMILES string of the molecule is CC(=O)NCCCOCCOCCOCCOCC(O)COOI. The Bertz CT molecular complexity index is 286. The Balaban J connectivity index is 3.06. The lowest BCUT2D eigenvalue weighted by Crippen LogP contribution is -2.22. The summed E-state index contributed by atoms with van der Waals surface area (Å²) in [6, 6.07) is 0. The average Bonchev–Trinajstić information content (AvgIpc) is 2.56. The minimum atomic E-state index is -0.721. The lowest BCUT2D eigenvalue weighted by molar-refractivity contribution is -0.193. The largest absolute Gasteiger partial charge is 0.388 e. The Morgan fingerprint density at radius 2 is 1.50 bits per heavy atom. The topological polar surface area (TPSA) is 105 Å². The predicted molar refractivity (Wildman–Crippen MR) is 93.6 cm³/mol. The fourth-order valence-electron chi connectivity index (χ4n) is 1.47. The molecule has 1 atom stereocenters. The van der Waals surface area contributed by atoms with Gasteiger partial charge in [0.05, 0.1) is 46.2 Å². The van der Waals surface area contributed by atoms with E-state index in [9.17, 15) is 9.90 Å². The first kappa shape index (κ1) is 23.9. The van der Waals surface area contributed by atoms with E-state index in [-0.39, 0.29) is 19.1 Å². The van der Waals surface area contributed by atoms with E-state index in [1.165, 1.54) is 6.92 Å². The maximum atomic E-state index is 10.6. The van der Waals surface area contributed by atoms with E-state index >= 15 is 0 Å². The maximum absolute atomic E-state index is 10.6. The molecule has 0 radical (unpaired) electrons. The fourth-order valence-corrected chi connectivity index (χ4v) is 1.62. The van der Waals surface area contributed by atoms with Gasteiger partial charge >= 0.3 is 0 Å². The highest BCUT2D eigenvalue weighted by molar-refractivity contribution is 14.1. The van der Waals surface area contributed by atoms with Gasteiger partial charge in [0, 0.05) is 20.1 Å². The summed E-state index contributed by atoms with van der Waals surface area (Å²) >= 11 is 1.57. The molecule has 24 heavy (non-hydrogen) atoms. The molecule has 144 valence electrons. The van der Waals surface area contributed by atoms with E-state index in [1.807, 2.05) is 0 Å².